The van der Waals surface area contributed by atoms with Gasteiger partial charge in [0.1, 0.15) is 17.3 Å². The van der Waals surface area contributed by atoms with Crippen molar-refractivity contribution < 1.29 is 19.4 Å². The molecule has 1 heterocycles. The van der Waals surface area contributed by atoms with E-state index in [1.807, 2.05) is 76.2 Å². The molecule has 0 spiro atoms. The van der Waals surface area contributed by atoms with Gasteiger partial charge >= 0.3 is 5.97 Å². The van der Waals surface area contributed by atoms with Crippen LogP contribution in [0.3, 0.4) is 0 Å². The average molecular weight is 475 g/mol. The zero-order valence-electron chi connectivity index (χ0n) is 21.1. The van der Waals surface area contributed by atoms with Gasteiger partial charge in [0, 0.05) is 23.2 Å². The maximum absolute atomic E-state index is 13.1. The van der Waals surface area contributed by atoms with E-state index in [1.54, 1.807) is 0 Å². The molecule has 0 saturated carbocycles. The summed E-state index contributed by atoms with van der Waals surface area (Å²) < 4.78 is 5.94. The van der Waals surface area contributed by atoms with Gasteiger partial charge in [0.2, 0.25) is 0 Å². The fraction of sp³-hybridized carbons (Fsp3) is 0.345. The topological polar surface area (TPSA) is 88.5 Å². The molecule has 0 aliphatic rings. The third-order valence-electron chi connectivity index (χ3n) is 6.33. The maximum Gasteiger partial charge on any atom is 0.338 e. The Morgan fingerprint density at radius 1 is 0.971 bits per heavy atom. The van der Waals surface area contributed by atoms with Crippen molar-refractivity contribution in [3.05, 3.63) is 82.5 Å². The molecule has 2 atom stereocenters. The van der Waals surface area contributed by atoms with E-state index in [-0.39, 0.29) is 28.9 Å². The Balaban J connectivity index is 1.89. The number of aromatic nitrogens is 1. The molecule has 0 aliphatic heterocycles. The Kier molecular flexibility index (Phi) is 8.63. The lowest BCUT2D eigenvalue weighted by Gasteiger charge is -2.23. The minimum Gasteiger partial charge on any atom is -0.478 e. The Bertz CT molecular complexity index is 1170. The molecule has 1 aromatic heterocycles. The minimum absolute atomic E-state index is 0.0386. The molecule has 0 radical (unpaired) electrons. The summed E-state index contributed by atoms with van der Waals surface area (Å²) in [6, 6.07) is 15.7. The van der Waals surface area contributed by atoms with Gasteiger partial charge in [-0.2, -0.15) is 0 Å². The molecule has 2 N–H and O–H groups in total. The predicted molar refractivity (Wildman–Crippen MR) is 139 cm³/mol. The first-order valence-electron chi connectivity index (χ1n) is 12.2. The number of ketones is 1. The lowest BCUT2D eigenvalue weighted by atomic mass is 9.89. The molecule has 3 aromatic rings. The van der Waals surface area contributed by atoms with Crippen LogP contribution in [-0.2, 0) is 6.42 Å². The minimum atomic E-state index is -1.14. The number of rotatable bonds is 11. The summed E-state index contributed by atoms with van der Waals surface area (Å²) in [5.41, 5.74) is 3.10. The van der Waals surface area contributed by atoms with Crippen molar-refractivity contribution in [3.8, 4) is 11.5 Å². The number of hydrogen-bond acceptors (Lipinski definition) is 5. The van der Waals surface area contributed by atoms with Gasteiger partial charge in [0.25, 0.3) is 0 Å². The first-order valence-corrected chi connectivity index (χ1v) is 12.2. The van der Waals surface area contributed by atoms with Gasteiger partial charge < -0.3 is 15.2 Å². The Hall–Kier alpha value is -3.67. The zero-order chi connectivity index (χ0) is 25.5. The number of aryl methyl sites for hydroxylation is 1. The number of aromatic carboxylic acids is 1. The predicted octanol–water partition coefficient (Wildman–Crippen LogP) is 7.23. The van der Waals surface area contributed by atoms with Crippen LogP contribution in [-0.4, -0.2) is 21.8 Å². The van der Waals surface area contributed by atoms with Crippen LogP contribution in [0, 0.1) is 12.8 Å². The molecule has 0 saturated heterocycles. The number of ether oxygens (including phenoxy) is 1. The molecule has 0 aliphatic carbocycles. The number of carboxylic acids is 1. The highest BCUT2D eigenvalue weighted by atomic mass is 16.5. The quantitative estimate of drug-likeness (QED) is 0.285. The van der Waals surface area contributed by atoms with E-state index in [1.165, 1.54) is 11.8 Å². The third-order valence-corrected chi connectivity index (χ3v) is 6.33. The fourth-order valence-corrected chi connectivity index (χ4v) is 3.99. The fourth-order valence-electron chi connectivity index (χ4n) is 3.99. The number of Topliss-reactive ketones (excluding diaryl/α,β-unsaturated/α-hetero) is 1. The lowest BCUT2D eigenvalue weighted by molar-refractivity contribution is 0.0689. The second-order valence-electron chi connectivity index (χ2n) is 8.80. The van der Waals surface area contributed by atoms with Gasteiger partial charge in [-0.05, 0) is 56.0 Å². The molecule has 1 unspecified atom stereocenters. The first-order chi connectivity index (χ1) is 16.8. The van der Waals surface area contributed by atoms with Crippen LogP contribution < -0.4 is 10.1 Å². The summed E-state index contributed by atoms with van der Waals surface area (Å²) in [7, 11) is 0. The second-order valence-corrected chi connectivity index (χ2v) is 8.80. The van der Waals surface area contributed by atoms with Crippen LogP contribution in [0.25, 0.3) is 0 Å². The van der Waals surface area contributed by atoms with Crippen LogP contribution in [0.4, 0.5) is 5.82 Å². The number of nitrogens with zero attached hydrogens (tertiary/aromatic N) is 1. The Labute approximate surface area is 207 Å². The summed E-state index contributed by atoms with van der Waals surface area (Å²) in [5, 5.41) is 13.2. The van der Waals surface area contributed by atoms with Crippen LogP contribution in [0.5, 0.6) is 11.5 Å². The van der Waals surface area contributed by atoms with Gasteiger partial charge in [-0.25, -0.2) is 9.78 Å². The largest absolute Gasteiger partial charge is 0.478 e. The highest BCUT2D eigenvalue weighted by Crippen LogP contribution is 2.31. The number of pyridine rings is 1. The van der Waals surface area contributed by atoms with Crippen molar-refractivity contribution >= 4 is 17.6 Å². The van der Waals surface area contributed by atoms with Gasteiger partial charge in [0.05, 0.1) is 11.6 Å². The summed E-state index contributed by atoms with van der Waals surface area (Å²) >= 11 is 0. The van der Waals surface area contributed by atoms with E-state index in [2.05, 4.69) is 17.2 Å². The Morgan fingerprint density at radius 2 is 1.57 bits per heavy atom. The number of anilines is 1. The smallest absolute Gasteiger partial charge is 0.338 e. The Morgan fingerprint density at radius 3 is 2.09 bits per heavy atom. The van der Waals surface area contributed by atoms with E-state index in [0.717, 1.165) is 23.5 Å². The molecular formula is C29H34N2O4. The van der Waals surface area contributed by atoms with Crippen LogP contribution in [0.2, 0.25) is 0 Å². The molecule has 6 nitrogen and oxygen atoms in total. The standard InChI is InChI=1S/C29H34N2O4/c1-6-19(5)27(32)26-23(7-2)28(30-17-24(26)29(33)34)31-25(8-3)20-11-15-22(16-12-20)35-21-13-9-18(4)10-14-21/h9-17,19,25H,6-8H2,1-5H3,(H,30,31)(H,33,34)/t19?,25-/m0/s1. The molecular weight excluding hydrogens is 440 g/mol. The number of hydrogen-bond donors (Lipinski definition) is 2. The highest BCUT2D eigenvalue weighted by molar-refractivity contribution is 6.08. The molecule has 35 heavy (non-hydrogen) atoms. The molecule has 0 fully saturated rings. The molecule has 6 heteroatoms. The molecule has 0 amide bonds. The first kappa shape index (κ1) is 25.9. The van der Waals surface area contributed by atoms with E-state index in [9.17, 15) is 14.7 Å². The number of nitrogens with one attached hydrogen (secondary N) is 1. The van der Waals surface area contributed by atoms with Gasteiger partial charge in [-0.3, -0.25) is 4.79 Å². The van der Waals surface area contributed by atoms with Crippen molar-refractivity contribution in [1.82, 2.24) is 4.98 Å². The van der Waals surface area contributed by atoms with E-state index in [0.29, 0.717) is 24.2 Å². The average Bonchev–Trinajstić information content (AvgIpc) is 2.87. The molecule has 0 bridgehead atoms. The normalized spacial score (nSPS) is 12.6. The number of benzene rings is 2. The summed E-state index contributed by atoms with van der Waals surface area (Å²) in [5.74, 6) is 0.515. The van der Waals surface area contributed by atoms with Crippen molar-refractivity contribution in [2.45, 2.75) is 59.9 Å². The molecule has 2 aromatic carbocycles. The summed E-state index contributed by atoms with van der Waals surface area (Å²) in [6.45, 7) is 9.77. The van der Waals surface area contributed by atoms with Crippen molar-refractivity contribution in [2.75, 3.05) is 5.32 Å². The van der Waals surface area contributed by atoms with Crippen molar-refractivity contribution in [3.63, 3.8) is 0 Å². The van der Waals surface area contributed by atoms with Crippen molar-refractivity contribution in [2.24, 2.45) is 5.92 Å². The molecule has 184 valence electrons. The van der Waals surface area contributed by atoms with E-state index < -0.39 is 5.97 Å². The third kappa shape index (κ3) is 6.07. The summed E-state index contributed by atoms with van der Waals surface area (Å²) in [4.78, 5) is 29.4. The SMILES string of the molecule is CCc1c(N[C@@H](CC)c2ccc(Oc3ccc(C)cc3)cc2)ncc(C(=O)O)c1C(=O)C(C)CC. The van der Waals surface area contributed by atoms with E-state index >= 15 is 0 Å². The highest BCUT2D eigenvalue weighted by Gasteiger charge is 2.27. The van der Waals surface area contributed by atoms with Gasteiger partial charge in [-0.1, -0.05) is 57.5 Å². The number of carbonyl (C=O) groups excluding carboxylic acids is 1. The van der Waals surface area contributed by atoms with E-state index in [4.69, 9.17) is 4.74 Å². The lowest BCUT2D eigenvalue weighted by Crippen LogP contribution is -2.21. The number of carboxylic acid groups (broad SMARTS) is 1. The van der Waals surface area contributed by atoms with Crippen LogP contribution in [0.1, 0.15) is 84.0 Å². The molecule has 3 rings (SSSR count). The number of carbonyl (C=O) groups is 2. The van der Waals surface area contributed by atoms with Gasteiger partial charge in [0.15, 0.2) is 5.78 Å². The maximum atomic E-state index is 13.1. The van der Waals surface area contributed by atoms with Gasteiger partial charge in [-0.15, -0.1) is 0 Å². The monoisotopic (exact) mass is 474 g/mol. The van der Waals surface area contributed by atoms with Crippen LogP contribution >= 0.6 is 0 Å². The second kappa shape index (κ2) is 11.6. The van der Waals surface area contributed by atoms with Crippen LogP contribution in [0.15, 0.2) is 54.7 Å². The summed E-state index contributed by atoms with van der Waals surface area (Å²) in [6.07, 6.45) is 3.21. The zero-order valence-corrected chi connectivity index (χ0v) is 21.1. The van der Waals surface area contributed by atoms with Crippen molar-refractivity contribution in [1.29, 1.82) is 0 Å².